The summed E-state index contributed by atoms with van der Waals surface area (Å²) >= 11 is 0. The first-order chi connectivity index (χ1) is 9.97. The van der Waals surface area contributed by atoms with Crippen LogP contribution in [0.4, 0.5) is 0 Å². The zero-order valence-electron chi connectivity index (χ0n) is 12.3. The maximum absolute atomic E-state index is 12.5. The summed E-state index contributed by atoms with van der Waals surface area (Å²) < 4.78 is 38.2. The molecule has 0 radical (unpaired) electrons. The summed E-state index contributed by atoms with van der Waals surface area (Å²) in [5, 5.41) is 0. The number of nitrogens with two attached hydrogens (primary N) is 1. The summed E-state index contributed by atoms with van der Waals surface area (Å²) in [6.07, 6.45) is 0.868. The molecule has 1 saturated heterocycles. The molecule has 3 N–H and O–H groups in total. The predicted octanol–water partition coefficient (Wildman–Crippen LogP) is 0.857. The van der Waals surface area contributed by atoms with Crippen LogP contribution < -0.4 is 15.2 Å². The van der Waals surface area contributed by atoms with Crippen molar-refractivity contribution >= 4 is 10.0 Å². The van der Waals surface area contributed by atoms with E-state index in [4.69, 9.17) is 15.2 Å². The van der Waals surface area contributed by atoms with Crippen LogP contribution in [0.1, 0.15) is 18.9 Å². The minimum atomic E-state index is -3.64. The van der Waals surface area contributed by atoms with Crippen LogP contribution in [0.2, 0.25) is 0 Å². The van der Waals surface area contributed by atoms with Crippen molar-refractivity contribution < 1.29 is 17.9 Å². The number of hydrogen-bond acceptors (Lipinski definition) is 5. The lowest BCUT2D eigenvalue weighted by atomic mass is 10.0. The molecule has 0 bridgehead atoms. The van der Waals surface area contributed by atoms with Gasteiger partial charge in [0.15, 0.2) is 0 Å². The molecule has 6 nitrogen and oxygen atoms in total. The molecule has 1 aromatic carbocycles. The van der Waals surface area contributed by atoms with Crippen molar-refractivity contribution in [2.24, 2.45) is 11.7 Å². The molecule has 1 heterocycles. The Balaban J connectivity index is 2.22. The van der Waals surface area contributed by atoms with Gasteiger partial charge in [-0.05, 0) is 31.0 Å². The molecule has 1 aliphatic rings. The average molecular weight is 314 g/mol. The molecule has 1 fully saturated rings. The normalized spacial score (nSPS) is 20.4. The Morgan fingerprint density at radius 1 is 1.52 bits per heavy atom. The highest BCUT2D eigenvalue weighted by molar-refractivity contribution is 7.89. The van der Waals surface area contributed by atoms with Crippen LogP contribution in [0.5, 0.6) is 5.75 Å². The third-order valence-corrected chi connectivity index (χ3v) is 5.36. The number of methoxy groups -OCH3 is 1. The van der Waals surface area contributed by atoms with Crippen molar-refractivity contribution in [2.45, 2.75) is 30.8 Å². The molecule has 2 rings (SSSR count). The zero-order valence-corrected chi connectivity index (χ0v) is 13.2. The molecule has 0 aromatic heterocycles. The quantitative estimate of drug-likeness (QED) is 0.812. The third kappa shape index (κ3) is 3.74. The molecule has 0 aliphatic carbocycles. The minimum Gasteiger partial charge on any atom is -0.495 e. The molecule has 118 valence electrons. The molecular weight excluding hydrogens is 292 g/mol. The molecule has 2 unspecified atom stereocenters. The third-order valence-electron chi connectivity index (χ3n) is 3.77. The van der Waals surface area contributed by atoms with Crippen molar-refractivity contribution in [3.05, 3.63) is 23.8 Å². The van der Waals surface area contributed by atoms with E-state index in [-0.39, 0.29) is 16.9 Å². The van der Waals surface area contributed by atoms with Gasteiger partial charge in [-0.2, -0.15) is 0 Å². The van der Waals surface area contributed by atoms with Crippen molar-refractivity contribution in [3.8, 4) is 5.75 Å². The Labute approximate surface area is 125 Å². The van der Waals surface area contributed by atoms with E-state index in [0.29, 0.717) is 25.5 Å². The second kappa shape index (κ2) is 6.74. The summed E-state index contributed by atoms with van der Waals surface area (Å²) in [5.74, 6) is 0.509. The fourth-order valence-electron chi connectivity index (χ4n) is 2.41. The smallest absolute Gasteiger partial charge is 0.244 e. The molecule has 2 atom stereocenters. The van der Waals surface area contributed by atoms with E-state index in [1.54, 1.807) is 12.1 Å². The monoisotopic (exact) mass is 314 g/mol. The highest BCUT2D eigenvalue weighted by atomic mass is 32.2. The molecule has 7 heteroatoms. The second-order valence-corrected chi connectivity index (χ2v) is 6.91. The highest BCUT2D eigenvalue weighted by Gasteiger charge is 2.28. The summed E-state index contributed by atoms with van der Waals surface area (Å²) in [6, 6.07) is 4.69. The van der Waals surface area contributed by atoms with Crippen LogP contribution in [0.15, 0.2) is 23.1 Å². The molecule has 0 spiro atoms. The van der Waals surface area contributed by atoms with Gasteiger partial charge in [0.25, 0.3) is 0 Å². The van der Waals surface area contributed by atoms with E-state index < -0.39 is 10.0 Å². The molecule has 0 saturated carbocycles. The topological polar surface area (TPSA) is 90.7 Å². The van der Waals surface area contributed by atoms with Crippen LogP contribution >= 0.6 is 0 Å². The summed E-state index contributed by atoms with van der Waals surface area (Å²) in [4.78, 5) is 0.132. The molecule has 1 aliphatic heterocycles. The summed E-state index contributed by atoms with van der Waals surface area (Å²) in [6.45, 7) is 3.47. The number of rotatable bonds is 6. The molecule has 21 heavy (non-hydrogen) atoms. The number of sulfonamides is 1. The van der Waals surface area contributed by atoms with Crippen molar-refractivity contribution in [1.29, 1.82) is 0 Å². The van der Waals surface area contributed by atoms with Gasteiger partial charge in [-0.25, -0.2) is 13.1 Å². The second-order valence-electron chi connectivity index (χ2n) is 5.22. The molecule has 1 aromatic rings. The Morgan fingerprint density at radius 2 is 2.29 bits per heavy atom. The van der Waals surface area contributed by atoms with Gasteiger partial charge in [-0.15, -0.1) is 0 Å². The lowest BCUT2D eigenvalue weighted by Crippen LogP contribution is -2.38. The van der Waals surface area contributed by atoms with Crippen LogP contribution in [0, 0.1) is 5.92 Å². The van der Waals surface area contributed by atoms with Crippen LogP contribution in [0.25, 0.3) is 0 Å². The largest absolute Gasteiger partial charge is 0.495 e. The highest BCUT2D eigenvalue weighted by Crippen LogP contribution is 2.26. The van der Waals surface area contributed by atoms with Gasteiger partial charge in [0, 0.05) is 25.1 Å². The van der Waals surface area contributed by atoms with E-state index in [1.165, 1.54) is 13.2 Å². The van der Waals surface area contributed by atoms with Gasteiger partial charge in [-0.1, -0.05) is 6.07 Å². The Morgan fingerprint density at radius 3 is 2.86 bits per heavy atom. The summed E-state index contributed by atoms with van der Waals surface area (Å²) in [7, 11) is -2.19. The maximum atomic E-state index is 12.5. The van der Waals surface area contributed by atoms with Gasteiger partial charge >= 0.3 is 0 Å². The van der Waals surface area contributed by atoms with Crippen molar-refractivity contribution in [2.75, 3.05) is 20.3 Å². The lowest BCUT2D eigenvalue weighted by Gasteiger charge is -2.20. The minimum absolute atomic E-state index is 0.132. The van der Waals surface area contributed by atoms with Gasteiger partial charge in [0.1, 0.15) is 10.6 Å². The Bertz CT molecular complexity index is 583. The van der Waals surface area contributed by atoms with Crippen LogP contribution in [-0.4, -0.2) is 34.8 Å². The van der Waals surface area contributed by atoms with Crippen molar-refractivity contribution in [1.82, 2.24) is 4.72 Å². The lowest BCUT2D eigenvalue weighted by molar-refractivity contribution is 0.180. The number of benzene rings is 1. The first-order valence-electron chi connectivity index (χ1n) is 6.95. The van der Waals surface area contributed by atoms with E-state index >= 15 is 0 Å². The van der Waals surface area contributed by atoms with Crippen LogP contribution in [-0.2, 0) is 21.3 Å². The zero-order chi connectivity index (χ0) is 15.5. The first-order valence-corrected chi connectivity index (χ1v) is 8.43. The van der Waals surface area contributed by atoms with E-state index in [9.17, 15) is 8.42 Å². The van der Waals surface area contributed by atoms with Crippen LogP contribution in [0.3, 0.4) is 0 Å². The Hall–Kier alpha value is -1.15. The average Bonchev–Trinajstić information content (AvgIpc) is 3.00. The maximum Gasteiger partial charge on any atom is 0.244 e. The molecule has 0 amide bonds. The number of nitrogens with one attached hydrogen (secondary N) is 1. The standard InChI is InChI=1S/C14H22N2O4S/c1-10(12-5-6-20-9-12)16-21(17,18)14-4-3-11(8-15)7-13(14)19-2/h3-4,7,10,12,16H,5-6,8-9,15H2,1-2H3. The summed E-state index contributed by atoms with van der Waals surface area (Å²) in [5.41, 5.74) is 6.38. The first kappa shape index (κ1) is 16.2. The van der Waals surface area contributed by atoms with E-state index in [0.717, 1.165) is 12.0 Å². The number of ether oxygens (including phenoxy) is 2. The van der Waals surface area contributed by atoms with Gasteiger partial charge in [-0.3, -0.25) is 0 Å². The van der Waals surface area contributed by atoms with Gasteiger partial charge in [0.05, 0.1) is 13.7 Å². The predicted molar refractivity (Wildman–Crippen MR) is 79.6 cm³/mol. The van der Waals surface area contributed by atoms with Gasteiger partial charge in [0.2, 0.25) is 10.0 Å². The SMILES string of the molecule is COc1cc(CN)ccc1S(=O)(=O)NC(C)C1CCOC1. The molecular formula is C14H22N2O4S. The number of hydrogen-bond donors (Lipinski definition) is 2. The Kier molecular flexibility index (Phi) is 5.21. The van der Waals surface area contributed by atoms with E-state index in [1.807, 2.05) is 6.92 Å². The fraction of sp³-hybridized carbons (Fsp3) is 0.571. The van der Waals surface area contributed by atoms with E-state index in [2.05, 4.69) is 4.72 Å². The van der Waals surface area contributed by atoms with Crippen molar-refractivity contribution in [3.63, 3.8) is 0 Å². The fourth-order valence-corrected chi connectivity index (χ4v) is 3.88. The van der Waals surface area contributed by atoms with Gasteiger partial charge < -0.3 is 15.2 Å².